The molecule has 0 radical (unpaired) electrons. The van der Waals surface area contributed by atoms with Crippen molar-refractivity contribution in [2.24, 2.45) is 0 Å². The van der Waals surface area contributed by atoms with Gasteiger partial charge in [0.2, 0.25) is 0 Å². The van der Waals surface area contributed by atoms with E-state index < -0.39 is 11.7 Å². The third kappa shape index (κ3) is 5.73. The van der Waals surface area contributed by atoms with Gasteiger partial charge in [0.15, 0.2) is 11.6 Å². The minimum atomic E-state index is -4.41. The summed E-state index contributed by atoms with van der Waals surface area (Å²) >= 11 is 0. The van der Waals surface area contributed by atoms with Crippen LogP contribution in [0.1, 0.15) is 28.8 Å². The van der Waals surface area contributed by atoms with Gasteiger partial charge in [-0.25, -0.2) is 0 Å². The van der Waals surface area contributed by atoms with Gasteiger partial charge in [-0.05, 0) is 49.2 Å². The number of hydrogen-bond donors (Lipinski definition) is 0. The molecule has 4 heterocycles. The summed E-state index contributed by atoms with van der Waals surface area (Å²) in [6.45, 7) is 7.78. The van der Waals surface area contributed by atoms with Crippen LogP contribution in [-0.2, 0) is 10.9 Å². The summed E-state index contributed by atoms with van der Waals surface area (Å²) in [4.78, 5) is 21.2. The number of rotatable bonds is 5. The number of aromatic nitrogens is 2. The van der Waals surface area contributed by atoms with Crippen molar-refractivity contribution in [2.45, 2.75) is 25.1 Å². The maximum atomic E-state index is 12.8. The molecule has 0 bridgehead atoms. The van der Waals surface area contributed by atoms with E-state index in [9.17, 15) is 18.0 Å². The Balaban J connectivity index is 1.10. The van der Waals surface area contributed by atoms with Crippen LogP contribution in [0.4, 0.5) is 24.8 Å². The van der Waals surface area contributed by atoms with Crippen LogP contribution in [0.5, 0.6) is 0 Å². The molecule has 1 aromatic heterocycles. The lowest BCUT2D eigenvalue weighted by Crippen LogP contribution is -2.49. The van der Waals surface area contributed by atoms with Crippen LogP contribution < -0.4 is 9.80 Å². The van der Waals surface area contributed by atoms with Crippen LogP contribution in [0.15, 0.2) is 36.4 Å². The molecule has 36 heavy (non-hydrogen) atoms. The number of carbonyl (C=O) groups is 1. The van der Waals surface area contributed by atoms with Crippen LogP contribution in [-0.4, -0.2) is 97.5 Å². The Morgan fingerprint density at radius 1 is 0.861 bits per heavy atom. The van der Waals surface area contributed by atoms with E-state index in [2.05, 4.69) is 24.9 Å². The smallest absolute Gasteiger partial charge is 0.377 e. The first-order valence-corrected chi connectivity index (χ1v) is 12.5. The van der Waals surface area contributed by atoms with E-state index in [1.165, 1.54) is 12.1 Å². The lowest BCUT2D eigenvalue weighted by atomic mass is 10.1. The highest BCUT2D eigenvalue weighted by Crippen LogP contribution is 2.29. The predicted octanol–water partition coefficient (Wildman–Crippen LogP) is 2.76. The van der Waals surface area contributed by atoms with E-state index in [1.807, 2.05) is 12.1 Å². The molecule has 5 rings (SSSR count). The SMILES string of the molecule is O=C(c1ccc(C(F)(F)F)cc1)N1CCN(c2ccc(N3CCN(CC4CCCO4)CC3)nn2)CC1. The lowest BCUT2D eigenvalue weighted by Gasteiger charge is -2.37. The molecule has 1 aromatic carbocycles. The number of ether oxygens (including phenoxy) is 1. The number of alkyl halides is 3. The predicted molar refractivity (Wildman–Crippen MR) is 129 cm³/mol. The molecule has 11 heteroatoms. The minimum Gasteiger partial charge on any atom is -0.377 e. The molecule has 3 aliphatic heterocycles. The summed E-state index contributed by atoms with van der Waals surface area (Å²) in [5, 5.41) is 8.89. The summed E-state index contributed by atoms with van der Waals surface area (Å²) in [5.41, 5.74) is -0.497. The molecule has 194 valence electrons. The van der Waals surface area contributed by atoms with Crippen molar-refractivity contribution in [3.63, 3.8) is 0 Å². The molecule has 0 aliphatic carbocycles. The van der Waals surface area contributed by atoms with Gasteiger partial charge in [-0.2, -0.15) is 13.2 Å². The van der Waals surface area contributed by atoms with Crippen LogP contribution >= 0.6 is 0 Å². The van der Waals surface area contributed by atoms with Crippen molar-refractivity contribution in [1.29, 1.82) is 0 Å². The van der Waals surface area contributed by atoms with Gasteiger partial charge in [0.05, 0.1) is 11.7 Å². The highest BCUT2D eigenvalue weighted by atomic mass is 19.4. The Hall–Kier alpha value is -2.92. The first kappa shape index (κ1) is 24.8. The maximum Gasteiger partial charge on any atom is 0.416 e. The van der Waals surface area contributed by atoms with Crippen molar-refractivity contribution in [3.05, 3.63) is 47.5 Å². The Morgan fingerprint density at radius 3 is 1.94 bits per heavy atom. The molecule has 0 saturated carbocycles. The van der Waals surface area contributed by atoms with Crippen molar-refractivity contribution in [1.82, 2.24) is 20.0 Å². The van der Waals surface area contributed by atoms with Crippen LogP contribution in [0.25, 0.3) is 0 Å². The molecule has 0 spiro atoms. The fourth-order valence-corrected chi connectivity index (χ4v) is 5.01. The van der Waals surface area contributed by atoms with Gasteiger partial charge in [0.25, 0.3) is 5.91 Å². The quantitative estimate of drug-likeness (QED) is 0.621. The first-order chi connectivity index (χ1) is 17.4. The van der Waals surface area contributed by atoms with E-state index >= 15 is 0 Å². The van der Waals surface area contributed by atoms with Gasteiger partial charge >= 0.3 is 6.18 Å². The van der Waals surface area contributed by atoms with E-state index in [1.54, 1.807) is 4.90 Å². The average molecular weight is 505 g/mol. The Morgan fingerprint density at radius 2 is 1.44 bits per heavy atom. The largest absolute Gasteiger partial charge is 0.416 e. The van der Waals surface area contributed by atoms with E-state index in [0.29, 0.717) is 32.3 Å². The number of amides is 1. The number of carbonyl (C=O) groups excluding carboxylic acids is 1. The fourth-order valence-electron chi connectivity index (χ4n) is 5.01. The highest BCUT2D eigenvalue weighted by Gasteiger charge is 2.31. The van der Waals surface area contributed by atoms with Gasteiger partial charge in [0, 0.05) is 71.1 Å². The molecule has 2 aromatic rings. The zero-order valence-electron chi connectivity index (χ0n) is 20.2. The maximum absolute atomic E-state index is 12.8. The number of hydrogen-bond acceptors (Lipinski definition) is 7. The minimum absolute atomic E-state index is 0.261. The van der Waals surface area contributed by atoms with Gasteiger partial charge < -0.3 is 19.4 Å². The molecule has 8 nitrogen and oxygen atoms in total. The van der Waals surface area contributed by atoms with Crippen molar-refractivity contribution < 1.29 is 22.7 Å². The van der Waals surface area contributed by atoms with Crippen LogP contribution in [0.3, 0.4) is 0 Å². The molecular weight excluding hydrogens is 473 g/mol. The second kappa shape index (κ2) is 10.6. The van der Waals surface area contributed by atoms with Crippen molar-refractivity contribution in [2.75, 3.05) is 75.3 Å². The van der Waals surface area contributed by atoms with Crippen LogP contribution in [0, 0.1) is 0 Å². The second-order valence-corrected chi connectivity index (χ2v) is 9.53. The Labute approximate surface area is 208 Å². The number of benzene rings is 1. The second-order valence-electron chi connectivity index (χ2n) is 9.53. The molecule has 3 saturated heterocycles. The van der Waals surface area contributed by atoms with E-state index in [-0.39, 0.29) is 11.5 Å². The summed E-state index contributed by atoms with van der Waals surface area (Å²) in [6, 6.07) is 8.34. The molecule has 1 unspecified atom stereocenters. The average Bonchev–Trinajstić information content (AvgIpc) is 3.42. The standard InChI is InChI=1S/C25H31F3N6O2/c26-25(27,28)20-5-3-19(4-6-20)24(35)34-15-13-33(14-16-34)23-8-7-22(29-30-23)32-11-9-31(10-12-32)18-21-2-1-17-36-21/h3-8,21H,1-2,9-18H2. The van der Waals surface area contributed by atoms with Gasteiger partial charge in [0.1, 0.15) is 0 Å². The third-order valence-electron chi connectivity index (χ3n) is 7.17. The summed E-state index contributed by atoms with van der Waals surface area (Å²) in [7, 11) is 0. The Kier molecular flexibility index (Phi) is 7.29. The monoisotopic (exact) mass is 504 g/mol. The topological polar surface area (TPSA) is 65.0 Å². The fraction of sp³-hybridized carbons (Fsp3) is 0.560. The molecule has 0 N–H and O–H groups in total. The Bertz CT molecular complexity index is 1010. The summed E-state index contributed by atoms with van der Waals surface area (Å²) in [6.07, 6.45) is -1.72. The molecule has 1 amide bonds. The molecular formula is C25H31F3N6O2. The molecule has 3 fully saturated rings. The lowest BCUT2D eigenvalue weighted by molar-refractivity contribution is -0.137. The van der Waals surface area contributed by atoms with Gasteiger partial charge in [-0.1, -0.05) is 0 Å². The highest BCUT2D eigenvalue weighted by molar-refractivity contribution is 5.94. The van der Waals surface area contributed by atoms with Crippen molar-refractivity contribution >= 4 is 17.5 Å². The van der Waals surface area contributed by atoms with Gasteiger partial charge in [-0.15, -0.1) is 10.2 Å². The first-order valence-electron chi connectivity index (χ1n) is 12.5. The number of piperazine rings is 2. The third-order valence-corrected chi connectivity index (χ3v) is 7.17. The van der Waals surface area contributed by atoms with E-state index in [0.717, 1.165) is 75.9 Å². The zero-order chi connectivity index (χ0) is 25.1. The van der Waals surface area contributed by atoms with Crippen molar-refractivity contribution in [3.8, 4) is 0 Å². The number of anilines is 2. The molecule has 3 aliphatic rings. The number of nitrogens with zero attached hydrogens (tertiary/aromatic N) is 6. The normalized spacial score (nSPS) is 21.8. The van der Waals surface area contributed by atoms with Gasteiger partial charge in [-0.3, -0.25) is 9.69 Å². The van der Waals surface area contributed by atoms with E-state index in [4.69, 9.17) is 4.74 Å². The number of halogens is 3. The zero-order valence-corrected chi connectivity index (χ0v) is 20.2. The summed E-state index contributed by atoms with van der Waals surface area (Å²) < 4.78 is 44.1. The van der Waals surface area contributed by atoms with Crippen LogP contribution in [0.2, 0.25) is 0 Å². The summed E-state index contributed by atoms with van der Waals surface area (Å²) in [5.74, 6) is 1.37. The molecule has 1 atom stereocenters.